The van der Waals surface area contributed by atoms with Crippen LogP contribution in [0.5, 0.6) is 0 Å². The minimum Gasteiger partial charge on any atom is -0.394 e. The van der Waals surface area contributed by atoms with Crippen molar-refractivity contribution in [3.63, 3.8) is 0 Å². The van der Waals surface area contributed by atoms with Gasteiger partial charge in [-0.05, 0) is 70.6 Å². The fraction of sp³-hybridized carbons (Fsp3) is 0.823. The number of amides is 1. The molecule has 12 atom stereocenters. The predicted octanol–water partition coefficient (Wildman–Crippen LogP) is 10.6. The van der Waals surface area contributed by atoms with Gasteiger partial charge in [0.25, 0.3) is 0 Å². The summed E-state index contributed by atoms with van der Waals surface area (Å²) in [6.45, 7) is 2.75. The molecule has 2 saturated heterocycles. The lowest BCUT2D eigenvalue weighted by Crippen LogP contribution is -2.65. The van der Waals surface area contributed by atoms with E-state index in [2.05, 4.69) is 67.8 Å². The van der Waals surface area contributed by atoms with Crippen LogP contribution >= 0.6 is 0 Å². The largest absolute Gasteiger partial charge is 0.394 e. The normalized spacial score (nSPS) is 25.3. The van der Waals surface area contributed by atoms with Gasteiger partial charge in [0.2, 0.25) is 5.91 Å². The standard InChI is InChI=1S/C62H111NO13/c1-3-5-7-9-11-13-15-17-18-19-20-21-22-23-24-25-26-27-28-29-30-31-32-34-36-38-40-42-44-46-54(67)63-50(51(66)45-43-41-39-37-35-33-16-14-12-10-8-6-4-2)49-73-61-59(72)57(70)60(53(48-65)75-61)76-62-58(71)56(69)55(68)52(47-64)74-62/h15,17,19-20,22-23,35,37,43,45,50-53,55-62,64-66,68-72H,3-14,16,18,21,24-34,36,38-42,44,46-49H2,1-2H3,(H,63,67)/b17-15-,20-19-,23-22-,37-35+,45-43+. The molecule has 14 nitrogen and oxygen atoms in total. The van der Waals surface area contributed by atoms with Gasteiger partial charge in [0.15, 0.2) is 12.6 Å². The molecule has 0 aromatic carbocycles. The lowest BCUT2D eigenvalue weighted by atomic mass is 9.97. The van der Waals surface area contributed by atoms with Gasteiger partial charge in [-0.25, -0.2) is 0 Å². The van der Waals surface area contributed by atoms with Gasteiger partial charge in [0.1, 0.15) is 48.8 Å². The van der Waals surface area contributed by atoms with Gasteiger partial charge in [-0.1, -0.05) is 216 Å². The van der Waals surface area contributed by atoms with Crippen LogP contribution in [0, 0.1) is 0 Å². The van der Waals surface area contributed by atoms with E-state index in [0.717, 1.165) is 44.9 Å². The zero-order valence-corrected chi connectivity index (χ0v) is 47.5. The summed E-state index contributed by atoms with van der Waals surface area (Å²) in [7, 11) is 0. The van der Waals surface area contributed by atoms with Crippen LogP contribution in [0.3, 0.4) is 0 Å². The number of aliphatic hydroxyl groups is 8. The van der Waals surface area contributed by atoms with E-state index < -0.39 is 86.8 Å². The lowest BCUT2D eigenvalue weighted by molar-refractivity contribution is -0.359. The molecule has 14 heteroatoms. The molecule has 0 aliphatic carbocycles. The Kier molecular flexibility index (Phi) is 43.6. The first-order valence-corrected chi connectivity index (χ1v) is 30.5. The number of hydrogen-bond acceptors (Lipinski definition) is 13. The first-order chi connectivity index (χ1) is 37.1. The van der Waals surface area contributed by atoms with Gasteiger partial charge in [0, 0.05) is 6.42 Å². The Labute approximate surface area is 460 Å². The SMILES string of the molecule is CCCCCCC/C=C\C/C=C\C/C=C\CCCCCCCCCCCCCCCCC(=O)NC(COC1OC(CO)C(OC2OC(CO)C(O)C(O)C2O)C(O)C1O)C(O)/C=C/CC/C=C/CCCCCCCCC. The second kappa shape index (κ2) is 47.5. The zero-order valence-electron chi connectivity index (χ0n) is 47.5. The van der Waals surface area contributed by atoms with Crippen LogP contribution in [0.25, 0.3) is 0 Å². The van der Waals surface area contributed by atoms with Crippen molar-refractivity contribution in [2.24, 2.45) is 0 Å². The smallest absolute Gasteiger partial charge is 0.220 e. The molecule has 2 heterocycles. The molecule has 442 valence electrons. The van der Waals surface area contributed by atoms with E-state index in [4.69, 9.17) is 18.9 Å². The number of rotatable bonds is 48. The van der Waals surface area contributed by atoms with Gasteiger partial charge in [-0.2, -0.15) is 0 Å². The highest BCUT2D eigenvalue weighted by Gasteiger charge is 2.51. The molecular weight excluding hydrogens is 967 g/mol. The van der Waals surface area contributed by atoms with E-state index in [1.807, 2.05) is 6.08 Å². The first kappa shape index (κ1) is 69.8. The topological polar surface area (TPSA) is 228 Å². The van der Waals surface area contributed by atoms with Gasteiger partial charge in [-0.3, -0.25) is 4.79 Å². The third kappa shape index (κ3) is 32.7. The molecule has 0 saturated carbocycles. The zero-order chi connectivity index (χ0) is 55.3. The van der Waals surface area contributed by atoms with Gasteiger partial charge in [-0.15, -0.1) is 0 Å². The molecule has 76 heavy (non-hydrogen) atoms. The Hall–Kier alpha value is -2.31. The minimum absolute atomic E-state index is 0.251. The summed E-state index contributed by atoms with van der Waals surface area (Å²) >= 11 is 0. The third-order valence-electron chi connectivity index (χ3n) is 14.7. The molecule has 2 rings (SSSR count). The predicted molar refractivity (Wildman–Crippen MR) is 304 cm³/mol. The maximum Gasteiger partial charge on any atom is 0.220 e. The summed E-state index contributed by atoms with van der Waals surface area (Å²) < 4.78 is 22.7. The molecule has 0 spiro atoms. The molecule has 2 aliphatic heterocycles. The maximum atomic E-state index is 13.2. The summed E-state index contributed by atoms with van der Waals surface area (Å²) in [5, 5.41) is 87.0. The highest BCUT2D eigenvalue weighted by atomic mass is 16.7. The molecule has 1 amide bonds. The molecular formula is C62H111NO13. The highest BCUT2D eigenvalue weighted by molar-refractivity contribution is 5.76. The lowest BCUT2D eigenvalue weighted by Gasteiger charge is -2.46. The summed E-state index contributed by atoms with van der Waals surface area (Å²) in [5.41, 5.74) is 0. The van der Waals surface area contributed by atoms with Crippen LogP contribution in [0.1, 0.15) is 232 Å². The van der Waals surface area contributed by atoms with Crippen molar-refractivity contribution < 1.29 is 64.6 Å². The number of carbonyl (C=O) groups excluding carboxylic acids is 1. The molecule has 12 unspecified atom stereocenters. The van der Waals surface area contributed by atoms with E-state index in [1.54, 1.807) is 6.08 Å². The Morgan fingerprint density at radius 1 is 0.474 bits per heavy atom. The van der Waals surface area contributed by atoms with Crippen LogP contribution in [0.2, 0.25) is 0 Å². The molecule has 9 N–H and O–H groups in total. The number of hydrogen-bond donors (Lipinski definition) is 9. The number of carbonyl (C=O) groups is 1. The van der Waals surface area contributed by atoms with Gasteiger partial charge < -0.3 is 65.1 Å². The molecule has 0 radical (unpaired) electrons. The second-order valence-corrected chi connectivity index (χ2v) is 21.5. The van der Waals surface area contributed by atoms with Crippen LogP contribution in [0.15, 0.2) is 60.8 Å². The van der Waals surface area contributed by atoms with Crippen molar-refractivity contribution in [3.8, 4) is 0 Å². The van der Waals surface area contributed by atoms with Crippen molar-refractivity contribution in [1.82, 2.24) is 5.32 Å². The minimum atomic E-state index is -1.79. The maximum absolute atomic E-state index is 13.2. The van der Waals surface area contributed by atoms with Gasteiger partial charge in [0.05, 0.1) is 32.0 Å². The molecule has 2 fully saturated rings. The Morgan fingerprint density at radius 2 is 0.882 bits per heavy atom. The summed E-state index contributed by atoms with van der Waals surface area (Å²) in [4.78, 5) is 13.2. The summed E-state index contributed by atoms with van der Waals surface area (Å²) in [6.07, 6.45) is 44.1. The fourth-order valence-corrected chi connectivity index (χ4v) is 9.73. The average molecular weight is 1080 g/mol. The van der Waals surface area contributed by atoms with Crippen LogP contribution in [-0.2, 0) is 23.7 Å². The average Bonchev–Trinajstić information content (AvgIpc) is 3.42. The van der Waals surface area contributed by atoms with Crippen LogP contribution in [-0.4, -0.2) is 140 Å². The van der Waals surface area contributed by atoms with Crippen molar-refractivity contribution in [1.29, 1.82) is 0 Å². The number of allylic oxidation sites excluding steroid dienone is 9. The van der Waals surface area contributed by atoms with E-state index in [-0.39, 0.29) is 18.9 Å². The first-order valence-electron chi connectivity index (χ1n) is 30.5. The van der Waals surface area contributed by atoms with Crippen molar-refractivity contribution in [2.75, 3.05) is 19.8 Å². The molecule has 2 aliphatic rings. The van der Waals surface area contributed by atoms with Crippen molar-refractivity contribution in [2.45, 2.75) is 306 Å². The fourth-order valence-electron chi connectivity index (χ4n) is 9.73. The quantitative estimate of drug-likeness (QED) is 0.0204. The third-order valence-corrected chi connectivity index (χ3v) is 14.7. The van der Waals surface area contributed by atoms with Crippen molar-refractivity contribution in [3.05, 3.63) is 60.8 Å². The van der Waals surface area contributed by atoms with E-state index in [0.29, 0.717) is 12.8 Å². The Morgan fingerprint density at radius 3 is 1.38 bits per heavy atom. The monoisotopic (exact) mass is 1080 g/mol. The summed E-state index contributed by atoms with van der Waals surface area (Å²) in [5.74, 6) is -0.251. The number of ether oxygens (including phenoxy) is 4. The Balaban J connectivity index is 1.69. The van der Waals surface area contributed by atoms with E-state index in [9.17, 15) is 45.6 Å². The second-order valence-electron chi connectivity index (χ2n) is 21.5. The Bertz CT molecular complexity index is 1510. The van der Waals surface area contributed by atoms with Gasteiger partial charge >= 0.3 is 0 Å². The van der Waals surface area contributed by atoms with Crippen LogP contribution < -0.4 is 5.32 Å². The van der Waals surface area contributed by atoms with Crippen LogP contribution in [0.4, 0.5) is 0 Å². The number of aliphatic hydroxyl groups excluding tert-OH is 8. The van der Waals surface area contributed by atoms with E-state index in [1.165, 1.54) is 154 Å². The van der Waals surface area contributed by atoms with E-state index >= 15 is 0 Å². The van der Waals surface area contributed by atoms with Crippen molar-refractivity contribution >= 4 is 5.91 Å². The molecule has 0 aromatic heterocycles. The molecule has 0 aromatic rings. The number of unbranched alkanes of at least 4 members (excludes halogenated alkanes) is 27. The summed E-state index contributed by atoms with van der Waals surface area (Å²) in [6, 6.07) is -0.933. The molecule has 0 bridgehead atoms. The highest BCUT2D eigenvalue weighted by Crippen LogP contribution is 2.30. The number of nitrogens with one attached hydrogen (secondary N) is 1.